The van der Waals surface area contributed by atoms with E-state index in [4.69, 9.17) is 10.4 Å². The second kappa shape index (κ2) is 7.17. The molecule has 0 rings (SSSR count). The highest BCUT2D eigenvalue weighted by atomic mass is 32.2. The number of carboxylic acids is 1. The van der Waals surface area contributed by atoms with Crippen LogP contribution >= 0.6 is 11.8 Å². The minimum atomic E-state index is -0.873. The van der Waals surface area contributed by atoms with Gasteiger partial charge >= 0.3 is 5.97 Å². The number of hydrogen-bond donors (Lipinski definition) is 2. The largest absolute Gasteiger partial charge is 0.481 e. The molecule has 1 amide bonds. The van der Waals surface area contributed by atoms with Crippen LogP contribution in [0.25, 0.3) is 0 Å². The lowest BCUT2D eigenvalue weighted by Crippen LogP contribution is -2.49. The van der Waals surface area contributed by atoms with Crippen molar-refractivity contribution in [1.29, 1.82) is 5.26 Å². The van der Waals surface area contributed by atoms with E-state index in [0.29, 0.717) is 5.75 Å². The third-order valence-corrected chi connectivity index (χ3v) is 3.44. The molecule has 0 bridgehead atoms. The van der Waals surface area contributed by atoms with Gasteiger partial charge in [-0.1, -0.05) is 13.8 Å². The van der Waals surface area contributed by atoms with Gasteiger partial charge in [-0.15, -0.1) is 0 Å². The summed E-state index contributed by atoms with van der Waals surface area (Å²) in [7, 11) is 0. The van der Waals surface area contributed by atoms with Gasteiger partial charge < -0.3 is 10.4 Å². The minimum absolute atomic E-state index is 0.0143. The highest BCUT2D eigenvalue weighted by Gasteiger charge is 2.29. The Morgan fingerprint density at radius 3 is 2.53 bits per heavy atom. The summed E-state index contributed by atoms with van der Waals surface area (Å²) in [5.74, 6) is -0.522. The molecule has 0 aromatic carbocycles. The van der Waals surface area contributed by atoms with Gasteiger partial charge in [0, 0.05) is 5.75 Å². The van der Waals surface area contributed by atoms with Crippen LogP contribution in [0.3, 0.4) is 0 Å². The summed E-state index contributed by atoms with van der Waals surface area (Å²) in [5.41, 5.74) is -0.871. The Bertz CT molecular complexity index is 325. The van der Waals surface area contributed by atoms with E-state index in [2.05, 4.69) is 11.4 Å². The summed E-state index contributed by atoms with van der Waals surface area (Å²) < 4.78 is 0. The first-order valence-corrected chi connectivity index (χ1v) is 6.49. The van der Waals surface area contributed by atoms with Crippen LogP contribution in [0.5, 0.6) is 0 Å². The quantitative estimate of drug-likeness (QED) is 0.671. The molecule has 5 nitrogen and oxygen atoms in total. The van der Waals surface area contributed by atoms with E-state index in [1.165, 1.54) is 11.8 Å². The van der Waals surface area contributed by atoms with Crippen LogP contribution in [0.1, 0.15) is 27.2 Å². The van der Waals surface area contributed by atoms with Crippen molar-refractivity contribution >= 4 is 23.6 Å². The first-order valence-electron chi connectivity index (χ1n) is 5.33. The zero-order chi connectivity index (χ0) is 13.5. The molecule has 0 saturated heterocycles. The number of carbonyl (C=O) groups excluding carboxylic acids is 1. The van der Waals surface area contributed by atoms with Gasteiger partial charge in [-0.25, -0.2) is 0 Å². The van der Waals surface area contributed by atoms with Crippen molar-refractivity contribution in [1.82, 2.24) is 5.32 Å². The van der Waals surface area contributed by atoms with Gasteiger partial charge in [-0.2, -0.15) is 17.0 Å². The standard InChI is InChI=1S/C11H18N2O3S/c1-8(2)11(3,7-12)13-9(14)6-17-5-4-10(15)16/h8H,4-6H2,1-3H3,(H,13,14)(H,15,16). The number of nitrogens with one attached hydrogen (secondary N) is 1. The molecular weight excluding hydrogens is 240 g/mol. The number of aliphatic carboxylic acids is 1. The highest BCUT2D eigenvalue weighted by molar-refractivity contribution is 7.99. The fourth-order valence-corrected chi connectivity index (χ4v) is 1.67. The average Bonchev–Trinajstić information content (AvgIpc) is 2.23. The lowest BCUT2D eigenvalue weighted by Gasteiger charge is -2.27. The van der Waals surface area contributed by atoms with Gasteiger partial charge in [0.15, 0.2) is 0 Å². The van der Waals surface area contributed by atoms with Gasteiger partial charge in [0.25, 0.3) is 0 Å². The molecule has 1 unspecified atom stereocenters. The Balaban J connectivity index is 4.02. The molecule has 0 aliphatic rings. The molecule has 0 heterocycles. The van der Waals surface area contributed by atoms with Crippen LogP contribution in [0, 0.1) is 17.2 Å². The van der Waals surface area contributed by atoms with E-state index in [0.717, 1.165) is 0 Å². The molecule has 0 aliphatic carbocycles. The normalized spacial score (nSPS) is 13.8. The fourth-order valence-electron chi connectivity index (χ4n) is 0.951. The second-order valence-corrected chi connectivity index (χ2v) is 5.32. The van der Waals surface area contributed by atoms with Gasteiger partial charge in [0.05, 0.1) is 18.2 Å². The number of nitrogens with zero attached hydrogens (tertiary/aromatic N) is 1. The molecule has 0 fully saturated rings. The van der Waals surface area contributed by atoms with E-state index in [9.17, 15) is 9.59 Å². The molecule has 2 N–H and O–H groups in total. The molecule has 0 saturated carbocycles. The molecular formula is C11H18N2O3S. The lowest BCUT2D eigenvalue weighted by molar-refractivity contribution is -0.136. The van der Waals surface area contributed by atoms with Crippen LogP contribution in [0.15, 0.2) is 0 Å². The van der Waals surface area contributed by atoms with E-state index >= 15 is 0 Å². The zero-order valence-corrected chi connectivity index (χ0v) is 11.1. The van der Waals surface area contributed by atoms with Crippen LogP contribution in [0.2, 0.25) is 0 Å². The summed E-state index contributed by atoms with van der Waals surface area (Å²) in [6.45, 7) is 5.40. The molecule has 1 atom stereocenters. The van der Waals surface area contributed by atoms with Crippen molar-refractivity contribution in [3.63, 3.8) is 0 Å². The zero-order valence-electron chi connectivity index (χ0n) is 10.3. The van der Waals surface area contributed by atoms with Crippen molar-refractivity contribution in [3.05, 3.63) is 0 Å². The topological polar surface area (TPSA) is 90.2 Å². The third kappa shape index (κ3) is 6.17. The monoisotopic (exact) mass is 258 g/mol. The Morgan fingerprint density at radius 1 is 1.53 bits per heavy atom. The molecule has 17 heavy (non-hydrogen) atoms. The van der Waals surface area contributed by atoms with E-state index in [1.54, 1.807) is 6.92 Å². The van der Waals surface area contributed by atoms with Gasteiger partial charge in [-0.3, -0.25) is 9.59 Å². The number of nitriles is 1. The number of carbonyl (C=O) groups is 2. The van der Waals surface area contributed by atoms with Crippen molar-refractivity contribution in [2.75, 3.05) is 11.5 Å². The first-order chi connectivity index (χ1) is 7.81. The highest BCUT2D eigenvalue weighted by Crippen LogP contribution is 2.15. The Labute approximate surface area is 106 Å². The van der Waals surface area contributed by atoms with Crippen LogP contribution in [-0.4, -0.2) is 34.0 Å². The summed E-state index contributed by atoms with van der Waals surface area (Å²) in [5, 5.41) is 20.1. The Hall–Kier alpha value is -1.22. The second-order valence-electron chi connectivity index (χ2n) is 4.21. The SMILES string of the molecule is CC(C)C(C)(C#N)NC(=O)CSCCC(=O)O. The maximum Gasteiger partial charge on any atom is 0.304 e. The lowest BCUT2D eigenvalue weighted by atomic mass is 9.90. The minimum Gasteiger partial charge on any atom is -0.481 e. The first kappa shape index (κ1) is 15.8. The number of amides is 1. The molecule has 6 heteroatoms. The third-order valence-electron chi connectivity index (χ3n) is 2.48. The predicted octanol–water partition coefficient (Wildman–Crippen LogP) is 1.25. The van der Waals surface area contributed by atoms with E-state index < -0.39 is 11.5 Å². The van der Waals surface area contributed by atoms with E-state index in [1.807, 2.05) is 13.8 Å². The number of carboxylic acid groups (broad SMARTS) is 1. The molecule has 0 radical (unpaired) electrons. The van der Waals surface area contributed by atoms with Crippen LogP contribution < -0.4 is 5.32 Å². The summed E-state index contributed by atoms with van der Waals surface area (Å²) in [6, 6.07) is 2.08. The summed E-state index contributed by atoms with van der Waals surface area (Å²) in [4.78, 5) is 21.8. The maximum atomic E-state index is 11.5. The number of thioether (sulfide) groups is 1. The molecule has 0 aromatic rings. The van der Waals surface area contributed by atoms with Gasteiger partial charge in [0.2, 0.25) is 5.91 Å². The van der Waals surface area contributed by atoms with Crippen molar-refractivity contribution in [2.24, 2.45) is 5.92 Å². The molecule has 0 aliphatic heterocycles. The number of rotatable bonds is 7. The Kier molecular flexibility index (Phi) is 6.66. The number of hydrogen-bond acceptors (Lipinski definition) is 4. The molecule has 0 spiro atoms. The fraction of sp³-hybridized carbons (Fsp3) is 0.727. The van der Waals surface area contributed by atoms with Crippen LogP contribution in [-0.2, 0) is 9.59 Å². The van der Waals surface area contributed by atoms with Gasteiger partial charge in [-0.05, 0) is 12.8 Å². The average molecular weight is 258 g/mol. The smallest absolute Gasteiger partial charge is 0.304 e. The Morgan fingerprint density at radius 2 is 2.12 bits per heavy atom. The van der Waals surface area contributed by atoms with E-state index in [-0.39, 0.29) is 24.0 Å². The predicted molar refractivity (Wildman–Crippen MR) is 66.6 cm³/mol. The molecule has 96 valence electrons. The van der Waals surface area contributed by atoms with Crippen molar-refractivity contribution in [2.45, 2.75) is 32.7 Å². The van der Waals surface area contributed by atoms with Crippen LogP contribution in [0.4, 0.5) is 0 Å². The summed E-state index contributed by atoms with van der Waals surface area (Å²) in [6.07, 6.45) is 0.0393. The molecule has 0 aromatic heterocycles. The van der Waals surface area contributed by atoms with Crippen molar-refractivity contribution < 1.29 is 14.7 Å². The summed E-state index contributed by atoms with van der Waals surface area (Å²) >= 11 is 1.25. The maximum absolute atomic E-state index is 11.5. The van der Waals surface area contributed by atoms with Crippen molar-refractivity contribution in [3.8, 4) is 6.07 Å². The van der Waals surface area contributed by atoms with Gasteiger partial charge in [0.1, 0.15) is 5.54 Å².